The van der Waals surface area contributed by atoms with Crippen LogP contribution in [0.5, 0.6) is 0 Å². The molecule has 1 fully saturated rings. The van der Waals surface area contributed by atoms with Crippen LogP contribution in [0.4, 0.5) is 20.3 Å². The summed E-state index contributed by atoms with van der Waals surface area (Å²) in [6.45, 7) is 1.76. The second-order valence-corrected chi connectivity index (χ2v) is 6.70. The number of benzene rings is 1. The van der Waals surface area contributed by atoms with Gasteiger partial charge in [-0.3, -0.25) is 4.57 Å². The molecule has 0 radical (unpaired) electrons. The van der Waals surface area contributed by atoms with E-state index in [0.717, 1.165) is 12.1 Å². The third kappa shape index (κ3) is 3.53. The van der Waals surface area contributed by atoms with E-state index in [2.05, 4.69) is 20.3 Å². The number of hydrogen-bond donors (Lipinski definition) is 3. The molecule has 0 spiro atoms. The van der Waals surface area contributed by atoms with Gasteiger partial charge in [0.05, 0.1) is 12.9 Å². The van der Waals surface area contributed by atoms with Crippen LogP contribution in [0.1, 0.15) is 12.1 Å². The van der Waals surface area contributed by atoms with Crippen molar-refractivity contribution in [2.24, 2.45) is 0 Å². The molecule has 1 aliphatic rings. The first kappa shape index (κ1) is 19.6. The number of aryl methyl sites for hydroxylation is 1. The summed E-state index contributed by atoms with van der Waals surface area (Å²) in [4.78, 5) is 12.9. The van der Waals surface area contributed by atoms with Gasteiger partial charge in [0.25, 0.3) is 0 Å². The Morgan fingerprint density at radius 3 is 2.72 bits per heavy atom. The van der Waals surface area contributed by atoms with Gasteiger partial charge in [-0.1, -0.05) is 0 Å². The fraction of sp³-hybridized carbons (Fsp3) is 0.389. The standard InChI is InChI=1S/C18H19F2N5O4/c1-8-22-16(24-9-3-4-10(19)11(20)5-9)13-17(23-8)25(7-21-13)18-15(27)14(26)12(29-18)6-28-2/h3-5,7,12,14-15,18,26-27H,6H2,1-2H3,(H,22,23,24)/t12-,14-,15-,18-/m1/s1. The van der Waals surface area contributed by atoms with Crippen molar-refractivity contribution in [3.8, 4) is 0 Å². The molecule has 0 aliphatic carbocycles. The number of ether oxygens (including phenoxy) is 2. The van der Waals surface area contributed by atoms with Gasteiger partial charge in [-0.05, 0) is 19.1 Å². The lowest BCUT2D eigenvalue weighted by Crippen LogP contribution is -2.33. The van der Waals surface area contributed by atoms with Crippen molar-refractivity contribution in [3.63, 3.8) is 0 Å². The van der Waals surface area contributed by atoms with Crippen molar-refractivity contribution in [1.29, 1.82) is 0 Å². The molecule has 3 aromatic rings. The highest BCUT2D eigenvalue weighted by Gasteiger charge is 2.44. The van der Waals surface area contributed by atoms with Crippen LogP contribution in [-0.4, -0.2) is 61.8 Å². The Hall–Kier alpha value is -2.73. The van der Waals surface area contributed by atoms with E-state index in [1.807, 2.05) is 0 Å². The summed E-state index contributed by atoms with van der Waals surface area (Å²) in [7, 11) is 1.47. The summed E-state index contributed by atoms with van der Waals surface area (Å²) < 4.78 is 38.9. The van der Waals surface area contributed by atoms with Gasteiger partial charge in [-0.25, -0.2) is 23.7 Å². The Morgan fingerprint density at radius 1 is 1.21 bits per heavy atom. The molecule has 0 bridgehead atoms. The summed E-state index contributed by atoms with van der Waals surface area (Å²) in [5.74, 6) is -1.30. The lowest BCUT2D eigenvalue weighted by Gasteiger charge is -2.17. The summed E-state index contributed by atoms with van der Waals surface area (Å²) in [5, 5.41) is 23.5. The van der Waals surface area contributed by atoms with Gasteiger partial charge < -0.3 is 25.0 Å². The zero-order valence-electron chi connectivity index (χ0n) is 15.6. The summed E-state index contributed by atoms with van der Waals surface area (Å²) in [6, 6.07) is 3.38. The molecule has 154 valence electrons. The average molecular weight is 407 g/mol. The fourth-order valence-corrected chi connectivity index (χ4v) is 3.27. The Morgan fingerprint density at radius 2 is 2.00 bits per heavy atom. The molecular weight excluding hydrogens is 388 g/mol. The van der Waals surface area contributed by atoms with E-state index in [1.165, 1.54) is 24.1 Å². The Kier molecular flexibility index (Phi) is 5.13. The highest BCUT2D eigenvalue weighted by atomic mass is 19.2. The molecule has 4 atom stereocenters. The molecular formula is C18H19F2N5O4. The molecule has 4 rings (SSSR count). The molecule has 1 saturated heterocycles. The minimum atomic E-state index is -1.22. The molecule has 0 amide bonds. The molecule has 0 saturated carbocycles. The van der Waals surface area contributed by atoms with Crippen molar-refractivity contribution in [2.45, 2.75) is 31.5 Å². The van der Waals surface area contributed by atoms with E-state index in [9.17, 15) is 19.0 Å². The first-order chi connectivity index (χ1) is 13.9. The van der Waals surface area contributed by atoms with E-state index in [4.69, 9.17) is 9.47 Å². The third-order valence-electron chi connectivity index (χ3n) is 4.66. The van der Waals surface area contributed by atoms with Gasteiger partial charge in [0.2, 0.25) is 0 Å². The van der Waals surface area contributed by atoms with Gasteiger partial charge in [0, 0.05) is 18.9 Å². The summed E-state index contributed by atoms with van der Waals surface area (Å²) >= 11 is 0. The van der Waals surface area contributed by atoms with Gasteiger partial charge >= 0.3 is 0 Å². The number of hydrogen-bond acceptors (Lipinski definition) is 8. The molecule has 2 aromatic heterocycles. The predicted molar refractivity (Wildman–Crippen MR) is 97.5 cm³/mol. The first-order valence-corrected chi connectivity index (χ1v) is 8.83. The minimum Gasteiger partial charge on any atom is -0.387 e. The molecule has 3 heterocycles. The first-order valence-electron chi connectivity index (χ1n) is 8.83. The predicted octanol–water partition coefficient (Wildman–Crippen LogP) is 1.42. The zero-order chi connectivity index (χ0) is 20.7. The van der Waals surface area contributed by atoms with Gasteiger partial charge in [0.1, 0.15) is 24.1 Å². The van der Waals surface area contributed by atoms with E-state index in [1.54, 1.807) is 6.92 Å². The number of nitrogens with one attached hydrogen (secondary N) is 1. The number of nitrogens with zero attached hydrogens (tertiary/aromatic N) is 4. The van der Waals surface area contributed by atoms with Crippen LogP contribution in [0.3, 0.4) is 0 Å². The summed E-state index contributed by atoms with van der Waals surface area (Å²) in [6.07, 6.45) is -2.59. The Bertz CT molecular complexity index is 1050. The molecule has 3 N–H and O–H groups in total. The van der Waals surface area contributed by atoms with Crippen LogP contribution in [0.2, 0.25) is 0 Å². The number of aliphatic hydroxyl groups excluding tert-OH is 2. The molecule has 29 heavy (non-hydrogen) atoms. The maximum atomic E-state index is 13.5. The van der Waals surface area contributed by atoms with Gasteiger partial charge in [-0.2, -0.15) is 0 Å². The molecule has 1 aromatic carbocycles. The number of imidazole rings is 1. The quantitative estimate of drug-likeness (QED) is 0.582. The summed E-state index contributed by atoms with van der Waals surface area (Å²) in [5.41, 5.74) is 0.961. The maximum Gasteiger partial charge on any atom is 0.167 e. The van der Waals surface area contributed by atoms with Crippen LogP contribution in [0.25, 0.3) is 11.2 Å². The van der Waals surface area contributed by atoms with E-state index < -0.39 is 36.2 Å². The van der Waals surface area contributed by atoms with Crippen LogP contribution in [-0.2, 0) is 9.47 Å². The normalized spacial score (nSPS) is 24.3. The van der Waals surface area contributed by atoms with Gasteiger partial charge in [0.15, 0.2) is 34.8 Å². The van der Waals surface area contributed by atoms with Crippen LogP contribution >= 0.6 is 0 Å². The lowest BCUT2D eigenvalue weighted by atomic mass is 10.1. The van der Waals surface area contributed by atoms with Crippen LogP contribution < -0.4 is 5.32 Å². The number of anilines is 2. The molecule has 11 heteroatoms. The molecule has 9 nitrogen and oxygen atoms in total. The maximum absolute atomic E-state index is 13.5. The number of rotatable bonds is 5. The van der Waals surface area contributed by atoms with Gasteiger partial charge in [-0.15, -0.1) is 0 Å². The second kappa shape index (κ2) is 7.59. The van der Waals surface area contributed by atoms with E-state index in [0.29, 0.717) is 17.0 Å². The zero-order valence-corrected chi connectivity index (χ0v) is 15.6. The topological polar surface area (TPSA) is 115 Å². The van der Waals surface area contributed by atoms with Crippen molar-refractivity contribution >= 4 is 22.7 Å². The SMILES string of the molecule is COC[C@H]1O[C@@H](n2cnc3c(Nc4ccc(F)c(F)c4)nc(C)nc32)[C@H](O)[C@@H]1O. The van der Waals surface area contributed by atoms with E-state index in [-0.39, 0.29) is 18.1 Å². The van der Waals surface area contributed by atoms with Crippen LogP contribution in [0.15, 0.2) is 24.5 Å². The smallest absolute Gasteiger partial charge is 0.167 e. The van der Waals surface area contributed by atoms with Crippen molar-refractivity contribution in [2.75, 3.05) is 19.0 Å². The minimum absolute atomic E-state index is 0.109. The number of fused-ring (bicyclic) bond motifs is 1. The number of aromatic nitrogens is 4. The highest BCUT2D eigenvalue weighted by molar-refractivity contribution is 5.85. The second-order valence-electron chi connectivity index (χ2n) is 6.70. The monoisotopic (exact) mass is 407 g/mol. The molecule has 1 aliphatic heterocycles. The largest absolute Gasteiger partial charge is 0.387 e. The van der Waals surface area contributed by atoms with Crippen LogP contribution in [0, 0.1) is 18.6 Å². The average Bonchev–Trinajstić information content (AvgIpc) is 3.21. The number of halogens is 2. The highest BCUT2D eigenvalue weighted by Crippen LogP contribution is 2.33. The fourth-order valence-electron chi connectivity index (χ4n) is 3.27. The third-order valence-corrected chi connectivity index (χ3v) is 4.66. The number of methoxy groups -OCH3 is 1. The Labute approximate surface area is 163 Å². The van der Waals surface area contributed by atoms with Crippen molar-refractivity contribution < 1.29 is 28.5 Å². The lowest BCUT2D eigenvalue weighted by molar-refractivity contribution is -0.0580. The van der Waals surface area contributed by atoms with E-state index >= 15 is 0 Å². The van der Waals surface area contributed by atoms with Crippen molar-refractivity contribution in [3.05, 3.63) is 42.0 Å². The van der Waals surface area contributed by atoms with Crippen molar-refractivity contribution in [1.82, 2.24) is 19.5 Å². The number of aliphatic hydroxyl groups is 2. The molecule has 0 unspecified atom stereocenters. The Balaban J connectivity index is 1.71.